The summed E-state index contributed by atoms with van der Waals surface area (Å²) in [6.07, 6.45) is 6.48. The first kappa shape index (κ1) is 14.5. The summed E-state index contributed by atoms with van der Waals surface area (Å²) < 4.78 is 5.29. The van der Waals surface area contributed by atoms with Crippen molar-refractivity contribution in [3.63, 3.8) is 0 Å². The van der Waals surface area contributed by atoms with Gasteiger partial charge in [-0.15, -0.1) is 0 Å². The highest BCUT2D eigenvalue weighted by Crippen LogP contribution is 2.25. The summed E-state index contributed by atoms with van der Waals surface area (Å²) in [5, 5.41) is 12.2. The predicted octanol–water partition coefficient (Wildman–Crippen LogP) is 2.28. The number of hydrogen-bond donors (Lipinski definition) is 2. The normalized spacial score (nSPS) is 21.4. The highest BCUT2D eigenvalue weighted by Gasteiger charge is 2.27. The maximum Gasteiger partial charge on any atom is 0.228 e. The van der Waals surface area contributed by atoms with Gasteiger partial charge >= 0.3 is 0 Å². The number of carbonyl (C=O) groups is 1. The van der Waals surface area contributed by atoms with Crippen molar-refractivity contribution in [3.05, 3.63) is 54.1 Å². The number of carbonyl (C=O) groups excluding carboxylic acids is 1. The first-order valence-corrected chi connectivity index (χ1v) is 6.57. The van der Waals surface area contributed by atoms with Crippen LogP contribution in [0.25, 0.3) is 0 Å². The molecule has 4 heteroatoms. The van der Waals surface area contributed by atoms with E-state index in [1.165, 1.54) is 0 Å². The molecule has 1 unspecified atom stereocenters. The molecule has 0 fully saturated rings. The number of nitrogens with one attached hydrogen (secondary N) is 1. The molecular weight excluding hydrogens is 254 g/mol. The van der Waals surface area contributed by atoms with Gasteiger partial charge in [0, 0.05) is 19.2 Å². The van der Waals surface area contributed by atoms with Crippen LogP contribution in [0, 0.1) is 0 Å². The quantitative estimate of drug-likeness (QED) is 0.865. The van der Waals surface area contributed by atoms with Gasteiger partial charge in [-0.1, -0.05) is 30.4 Å². The summed E-state index contributed by atoms with van der Waals surface area (Å²) in [5.74, 6) is -0.0546. The molecule has 1 aromatic rings. The van der Waals surface area contributed by atoms with E-state index in [0.29, 0.717) is 12.8 Å². The lowest BCUT2D eigenvalue weighted by atomic mass is 9.91. The fourth-order valence-electron chi connectivity index (χ4n) is 2.08. The van der Waals surface area contributed by atoms with E-state index < -0.39 is 5.60 Å². The van der Waals surface area contributed by atoms with E-state index >= 15 is 0 Å². The van der Waals surface area contributed by atoms with Crippen LogP contribution in [-0.2, 0) is 9.53 Å². The van der Waals surface area contributed by atoms with Crippen LogP contribution < -0.4 is 5.32 Å². The number of anilines is 1. The molecule has 0 heterocycles. The molecule has 1 aromatic carbocycles. The topological polar surface area (TPSA) is 58.6 Å². The molecule has 2 N–H and O–H groups in total. The van der Waals surface area contributed by atoms with E-state index in [4.69, 9.17) is 4.74 Å². The SMILES string of the molecule is COC1(CO)C=CC(CC(=O)Nc2ccccc2)=CC1. The summed E-state index contributed by atoms with van der Waals surface area (Å²) in [5.41, 5.74) is 1.08. The average molecular weight is 273 g/mol. The first-order valence-electron chi connectivity index (χ1n) is 6.57. The summed E-state index contributed by atoms with van der Waals surface area (Å²) in [4.78, 5) is 11.9. The Morgan fingerprint density at radius 1 is 1.40 bits per heavy atom. The molecule has 0 aromatic heterocycles. The molecule has 4 nitrogen and oxygen atoms in total. The fourth-order valence-corrected chi connectivity index (χ4v) is 2.08. The van der Waals surface area contributed by atoms with E-state index in [9.17, 15) is 9.90 Å². The zero-order valence-corrected chi connectivity index (χ0v) is 11.5. The fraction of sp³-hybridized carbons (Fsp3) is 0.312. The highest BCUT2D eigenvalue weighted by molar-refractivity contribution is 5.92. The van der Waals surface area contributed by atoms with Crippen molar-refractivity contribution in [1.82, 2.24) is 0 Å². The summed E-state index contributed by atoms with van der Waals surface area (Å²) >= 11 is 0. The van der Waals surface area contributed by atoms with Crippen molar-refractivity contribution in [1.29, 1.82) is 0 Å². The molecule has 0 saturated heterocycles. The Labute approximate surface area is 118 Å². The van der Waals surface area contributed by atoms with E-state index in [2.05, 4.69) is 5.32 Å². The molecule has 1 amide bonds. The molecule has 1 atom stereocenters. The molecule has 0 radical (unpaired) electrons. The predicted molar refractivity (Wildman–Crippen MR) is 78.4 cm³/mol. The molecule has 2 rings (SSSR count). The van der Waals surface area contributed by atoms with Gasteiger partial charge in [-0.25, -0.2) is 0 Å². The molecular formula is C16H19NO3. The number of methoxy groups -OCH3 is 1. The Bertz CT molecular complexity index is 516. The van der Waals surface area contributed by atoms with Crippen LogP contribution in [0.2, 0.25) is 0 Å². The van der Waals surface area contributed by atoms with Crippen molar-refractivity contribution < 1.29 is 14.6 Å². The minimum Gasteiger partial charge on any atom is -0.393 e. The number of hydrogen-bond acceptors (Lipinski definition) is 3. The standard InChI is InChI=1S/C16H19NO3/c1-20-16(12-18)9-7-13(8-10-16)11-15(19)17-14-5-3-2-4-6-14/h2-9,18H,10-12H2,1H3,(H,17,19). The summed E-state index contributed by atoms with van der Waals surface area (Å²) in [6.45, 7) is -0.0695. The average Bonchev–Trinajstić information content (AvgIpc) is 2.49. The van der Waals surface area contributed by atoms with Crippen LogP contribution in [0.15, 0.2) is 54.1 Å². The lowest BCUT2D eigenvalue weighted by molar-refractivity contribution is -0.115. The Hall–Kier alpha value is -1.91. The van der Waals surface area contributed by atoms with E-state index in [0.717, 1.165) is 11.3 Å². The highest BCUT2D eigenvalue weighted by atomic mass is 16.5. The van der Waals surface area contributed by atoms with Gasteiger partial charge in [0.25, 0.3) is 0 Å². The van der Waals surface area contributed by atoms with Crippen molar-refractivity contribution in [2.24, 2.45) is 0 Å². The number of para-hydroxylation sites is 1. The summed E-state index contributed by atoms with van der Waals surface area (Å²) in [6, 6.07) is 9.36. The third-order valence-corrected chi connectivity index (χ3v) is 3.41. The smallest absolute Gasteiger partial charge is 0.228 e. The van der Waals surface area contributed by atoms with E-state index in [-0.39, 0.29) is 12.5 Å². The van der Waals surface area contributed by atoms with Gasteiger partial charge in [0.1, 0.15) is 5.60 Å². The zero-order chi connectivity index (χ0) is 14.4. The van der Waals surface area contributed by atoms with Crippen molar-refractivity contribution >= 4 is 11.6 Å². The second-order valence-corrected chi connectivity index (χ2v) is 4.83. The van der Waals surface area contributed by atoms with Crippen molar-refractivity contribution in [2.75, 3.05) is 19.0 Å². The number of allylic oxidation sites excluding steroid dienone is 1. The van der Waals surface area contributed by atoms with Gasteiger partial charge < -0.3 is 15.2 Å². The molecule has 0 aliphatic heterocycles. The Morgan fingerprint density at radius 2 is 2.15 bits per heavy atom. The van der Waals surface area contributed by atoms with Crippen LogP contribution >= 0.6 is 0 Å². The lowest BCUT2D eigenvalue weighted by Crippen LogP contribution is -2.34. The first-order chi connectivity index (χ1) is 9.67. The Balaban J connectivity index is 1.91. The number of rotatable bonds is 5. The lowest BCUT2D eigenvalue weighted by Gasteiger charge is -2.28. The van der Waals surface area contributed by atoms with Gasteiger partial charge in [0.15, 0.2) is 0 Å². The largest absolute Gasteiger partial charge is 0.393 e. The minimum atomic E-state index is -0.639. The zero-order valence-electron chi connectivity index (χ0n) is 11.5. The number of benzene rings is 1. The maximum absolute atomic E-state index is 11.9. The molecule has 106 valence electrons. The van der Waals surface area contributed by atoms with Crippen LogP contribution in [0.3, 0.4) is 0 Å². The third-order valence-electron chi connectivity index (χ3n) is 3.41. The molecule has 1 aliphatic carbocycles. The van der Waals surface area contributed by atoms with Gasteiger partial charge in [-0.05, 0) is 23.8 Å². The van der Waals surface area contributed by atoms with E-state index in [1.54, 1.807) is 7.11 Å². The molecule has 0 saturated carbocycles. The molecule has 0 bridgehead atoms. The molecule has 1 aliphatic rings. The van der Waals surface area contributed by atoms with Gasteiger partial charge in [0.05, 0.1) is 13.0 Å². The third kappa shape index (κ3) is 3.56. The van der Waals surface area contributed by atoms with Crippen LogP contribution in [0.1, 0.15) is 12.8 Å². The van der Waals surface area contributed by atoms with E-state index in [1.807, 2.05) is 48.6 Å². The molecule has 20 heavy (non-hydrogen) atoms. The Kier molecular flexibility index (Phi) is 4.71. The second-order valence-electron chi connectivity index (χ2n) is 4.83. The number of ether oxygens (including phenoxy) is 1. The number of aliphatic hydroxyl groups excluding tert-OH is 1. The second kappa shape index (κ2) is 6.50. The van der Waals surface area contributed by atoms with Crippen molar-refractivity contribution in [3.8, 4) is 0 Å². The van der Waals surface area contributed by atoms with Crippen LogP contribution in [0.5, 0.6) is 0 Å². The molecule has 0 spiro atoms. The monoisotopic (exact) mass is 273 g/mol. The van der Waals surface area contributed by atoms with Gasteiger partial charge in [-0.2, -0.15) is 0 Å². The maximum atomic E-state index is 11.9. The minimum absolute atomic E-state index is 0.0546. The van der Waals surface area contributed by atoms with Crippen molar-refractivity contribution in [2.45, 2.75) is 18.4 Å². The van der Waals surface area contributed by atoms with Gasteiger partial charge in [0.2, 0.25) is 5.91 Å². The van der Waals surface area contributed by atoms with Gasteiger partial charge in [-0.3, -0.25) is 4.79 Å². The van der Waals surface area contributed by atoms with Crippen LogP contribution in [0.4, 0.5) is 5.69 Å². The number of aliphatic hydroxyl groups is 1. The number of amides is 1. The van der Waals surface area contributed by atoms with Crippen LogP contribution in [-0.4, -0.2) is 30.3 Å². The summed E-state index contributed by atoms with van der Waals surface area (Å²) in [7, 11) is 1.57. The Morgan fingerprint density at radius 3 is 2.70 bits per heavy atom.